The predicted molar refractivity (Wildman–Crippen MR) is 57.6 cm³/mol. The zero-order chi connectivity index (χ0) is 9.26. The van der Waals surface area contributed by atoms with Crippen molar-refractivity contribution in [3.05, 3.63) is 46.4 Å². The number of halogens is 1. The molecule has 0 saturated carbocycles. The van der Waals surface area contributed by atoms with Crippen molar-refractivity contribution in [2.75, 3.05) is 0 Å². The predicted octanol–water partition coefficient (Wildman–Crippen LogP) is 3.09. The summed E-state index contributed by atoms with van der Waals surface area (Å²) >= 11 is 3.42. The minimum absolute atomic E-state index is 0.0997. The first kappa shape index (κ1) is 8.73. The number of aliphatic hydroxyl groups is 1. The summed E-state index contributed by atoms with van der Waals surface area (Å²) in [6, 6.07) is 12.1. The normalized spacial score (nSPS) is 10.6. The maximum atomic E-state index is 8.95. The highest BCUT2D eigenvalue weighted by Gasteiger charge is 1.95. The van der Waals surface area contributed by atoms with Crippen LogP contribution in [-0.4, -0.2) is 5.11 Å². The highest BCUT2D eigenvalue weighted by atomic mass is 79.9. The van der Waals surface area contributed by atoms with Crippen molar-refractivity contribution in [1.82, 2.24) is 0 Å². The Balaban J connectivity index is 2.68. The van der Waals surface area contributed by atoms with E-state index in [2.05, 4.69) is 28.1 Å². The van der Waals surface area contributed by atoms with Crippen molar-refractivity contribution < 1.29 is 5.11 Å². The molecule has 2 heteroatoms. The first-order valence-electron chi connectivity index (χ1n) is 4.08. The van der Waals surface area contributed by atoms with E-state index in [1.165, 1.54) is 5.39 Å². The third-order valence-corrected chi connectivity index (χ3v) is 2.54. The first-order valence-corrected chi connectivity index (χ1v) is 4.88. The second-order valence-electron chi connectivity index (χ2n) is 2.98. The third-order valence-electron chi connectivity index (χ3n) is 2.05. The van der Waals surface area contributed by atoms with E-state index in [1.54, 1.807) is 0 Å². The van der Waals surface area contributed by atoms with Gasteiger partial charge in [-0.2, -0.15) is 0 Å². The number of rotatable bonds is 1. The van der Waals surface area contributed by atoms with Gasteiger partial charge in [-0.15, -0.1) is 0 Å². The number of hydrogen-bond acceptors (Lipinski definition) is 1. The van der Waals surface area contributed by atoms with E-state index in [9.17, 15) is 0 Å². The Kier molecular flexibility index (Phi) is 2.34. The van der Waals surface area contributed by atoms with Crippen LogP contribution in [0.2, 0.25) is 0 Å². The fourth-order valence-electron chi connectivity index (χ4n) is 1.37. The number of hydrogen-bond donors (Lipinski definition) is 1. The van der Waals surface area contributed by atoms with Crippen molar-refractivity contribution in [2.45, 2.75) is 6.61 Å². The van der Waals surface area contributed by atoms with Crippen LogP contribution in [-0.2, 0) is 6.61 Å². The summed E-state index contributed by atoms with van der Waals surface area (Å²) in [6.45, 7) is 0.0997. The highest BCUT2D eigenvalue weighted by Crippen LogP contribution is 2.20. The molecule has 66 valence electrons. The largest absolute Gasteiger partial charge is 0.392 e. The Morgan fingerprint density at radius 2 is 1.77 bits per heavy atom. The monoisotopic (exact) mass is 236 g/mol. The number of benzene rings is 2. The van der Waals surface area contributed by atoms with Crippen LogP contribution in [0.4, 0.5) is 0 Å². The summed E-state index contributed by atoms with van der Waals surface area (Å²) in [4.78, 5) is 0. The van der Waals surface area contributed by atoms with Crippen LogP contribution in [0.3, 0.4) is 0 Å². The Morgan fingerprint density at radius 1 is 1.00 bits per heavy atom. The van der Waals surface area contributed by atoms with Gasteiger partial charge in [-0.1, -0.05) is 34.1 Å². The molecular weight excluding hydrogens is 228 g/mol. The van der Waals surface area contributed by atoms with Crippen molar-refractivity contribution in [2.24, 2.45) is 0 Å². The average Bonchev–Trinajstić information content (AvgIpc) is 2.16. The molecule has 0 aliphatic carbocycles. The van der Waals surface area contributed by atoms with Gasteiger partial charge in [0, 0.05) is 4.47 Å². The summed E-state index contributed by atoms with van der Waals surface area (Å²) in [6.07, 6.45) is 0. The van der Waals surface area contributed by atoms with Crippen LogP contribution in [0.1, 0.15) is 5.56 Å². The first-order chi connectivity index (χ1) is 6.29. The van der Waals surface area contributed by atoms with Crippen LogP contribution in [0, 0.1) is 0 Å². The van der Waals surface area contributed by atoms with Crippen molar-refractivity contribution >= 4 is 26.7 Å². The van der Waals surface area contributed by atoms with Crippen molar-refractivity contribution in [1.29, 1.82) is 0 Å². The van der Waals surface area contributed by atoms with Gasteiger partial charge in [0.2, 0.25) is 0 Å². The lowest BCUT2D eigenvalue weighted by atomic mass is 10.1. The molecule has 0 spiro atoms. The Hall–Kier alpha value is -0.860. The summed E-state index contributed by atoms with van der Waals surface area (Å²) in [5.41, 5.74) is 0.950. The zero-order valence-electron chi connectivity index (χ0n) is 7.00. The molecule has 0 radical (unpaired) electrons. The van der Waals surface area contributed by atoms with Gasteiger partial charge in [0.05, 0.1) is 6.61 Å². The minimum Gasteiger partial charge on any atom is -0.392 e. The molecule has 0 unspecified atom stereocenters. The van der Waals surface area contributed by atoms with Crippen LogP contribution in [0.5, 0.6) is 0 Å². The fraction of sp³-hybridized carbons (Fsp3) is 0.0909. The molecule has 2 aromatic rings. The molecule has 0 bridgehead atoms. The average molecular weight is 237 g/mol. The topological polar surface area (TPSA) is 20.2 Å². The van der Waals surface area contributed by atoms with Gasteiger partial charge in [-0.25, -0.2) is 0 Å². The van der Waals surface area contributed by atoms with E-state index in [4.69, 9.17) is 5.11 Å². The Labute approximate surface area is 85.1 Å². The molecule has 0 atom stereocenters. The summed E-state index contributed by atoms with van der Waals surface area (Å²) < 4.78 is 1.06. The molecule has 0 aliphatic rings. The number of aliphatic hydroxyl groups excluding tert-OH is 1. The molecule has 0 heterocycles. The van der Waals surface area contributed by atoms with Gasteiger partial charge < -0.3 is 5.11 Å². The van der Waals surface area contributed by atoms with Gasteiger partial charge >= 0.3 is 0 Å². The summed E-state index contributed by atoms with van der Waals surface area (Å²) in [7, 11) is 0. The standard InChI is InChI=1S/C11H9BrO/c12-11-4-3-9-2-1-8(7-13)5-10(9)6-11/h1-6,13H,7H2. The van der Waals surface area contributed by atoms with Crippen molar-refractivity contribution in [3.63, 3.8) is 0 Å². The minimum atomic E-state index is 0.0997. The lowest BCUT2D eigenvalue weighted by molar-refractivity contribution is 0.282. The zero-order valence-corrected chi connectivity index (χ0v) is 8.58. The van der Waals surface area contributed by atoms with E-state index in [0.29, 0.717) is 0 Å². The summed E-state index contributed by atoms with van der Waals surface area (Å²) in [5.74, 6) is 0. The maximum absolute atomic E-state index is 8.95. The lowest BCUT2D eigenvalue weighted by Crippen LogP contribution is -1.82. The molecule has 2 aromatic carbocycles. The molecule has 0 aromatic heterocycles. The van der Waals surface area contributed by atoms with Gasteiger partial charge in [-0.3, -0.25) is 0 Å². The van der Waals surface area contributed by atoms with Crippen LogP contribution in [0.15, 0.2) is 40.9 Å². The molecular formula is C11H9BrO. The molecule has 1 N–H and O–H groups in total. The third kappa shape index (κ3) is 1.74. The quantitative estimate of drug-likeness (QED) is 0.807. The molecule has 0 saturated heterocycles. The van der Waals surface area contributed by atoms with Gasteiger partial charge in [0.25, 0.3) is 0 Å². The maximum Gasteiger partial charge on any atom is 0.0682 e. The molecule has 0 fully saturated rings. The second-order valence-corrected chi connectivity index (χ2v) is 3.90. The smallest absolute Gasteiger partial charge is 0.0682 e. The van der Waals surface area contributed by atoms with Crippen LogP contribution >= 0.6 is 15.9 Å². The Morgan fingerprint density at radius 3 is 2.54 bits per heavy atom. The molecule has 1 nitrogen and oxygen atoms in total. The molecule has 0 amide bonds. The van der Waals surface area contributed by atoms with Gasteiger partial charge in [0.1, 0.15) is 0 Å². The van der Waals surface area contributed by atoms with E-state index in [1.807, 2.05) is 24.3 Å². The van der Waals surface area contributed by atoms with E-state index in [0.717, 1.165) is 15.4 Å². The van der Waals surface area contributed by atoms with Crippen LogP contribution in [0.25, 0.3) is 10.8 Å². The Bertz CT molecular complexity index is 437. The van der Waals surface area contributed by atoms with E-state index >= 15 is 0 Å². The van der Waals surface area contributed by atoms with Crippen molar-refractivity contribution in [3.8, 4) is 0 Å². The molecule has 0 aliphatic heterocycles. The SMILES string of the molecule is OCc1ccc2ccc(Br)cc2c1. The molecule has 13 heavy (non-hydrogen) atoms. The number of fused-ring (bicyclic) bond motifs is 1. The van der Waals surface area contributed by atoms with E-state index in [-0.39, 0.29) is 6.61 Å². The lowest BCUT2D eigenvalue weighted by Gasteiger charge is -2.00. The van der Waals surface area contributed by atoms with Crippen LogP contribution < -0.4 is 0 Å². The van der Waals surface area contributed by atoms with Gasteiger partial charge in [0.15, 0.2) is 0 Å². The summed E-state index contributed by atoms with van der Waals surface area (Å²) in [5, 5.41) is 11.3. The second kappa shape index (κ2) is 3.48. The van der Waals surface area contributed by atoms with Gasteiger partial charge in [-0.05, 0) is 34.5 Å². The fourth-order valence-corrected chi connectivity index (χ4v) is 1.74. The van der Waals surface area contributed by atoms with E-state index < -0.39 is 0 Å². The highest BCUT2D eigenvalue weighted by molar-refractivity contribution is 9.10. The molecule has 2 rings (SSSR count).